The maximum Gasteiger partial charge on any atom is 0.420 e. The summed E-state index contributed by atoms with van der Waals surface area (Å²) in [5.74, 6) is 0.588. The number of hydrogen-bond donors (Lipinski definition) is 0. The molecule has 3 nitrogen and oxygen atoms in total. The van der Waals surface area contributed by atoms with E-state index in [1.54, 1.807) is 17.0 Å². The molecule has 2 aromatic carbocycles. The van der Waals surface area contributed by atoms with Gasteiger partial charge in [-0.3, -0.25) is 4.79 Å². The van der Waals surface area contributed by atoms with Gasteiger partial charge in [0.25, 0.3) is 0 Å². The second-order valence-electron chi connectivity index (χ2n) is 8.72. The molecule has 6 heteroatoms. The summed E-state index contributed by atoms with van der Waals surface area (Å²) in [6.07, 6.45) is 1.16. The molecule has 2 aliphatic rings. The summed E-state index contributed by atoms with van der Waals surface area (Å²) >= 11 is 0. The third-order valence-corrected chi connectivity index (χ3v) is 6.44. The van der Waals surface area contributed by atoms with Crippen LogP contribution in [-0.2, 0) is 17.5 Å². The molecule has 0 bridgehead atoms. The highest BCUT2D eigenvalue weighted by Gasteiger charge is 2.37. The Labute approximate surface area is 175 Å². The highest BCUT2D eigenvalue weighted by atomic mass is 19.4. The molecule has 0 aromatic heterocycles. The Morgan fingerprint density at radius 2 is 1.80 bits per heavy atom. The van der Waals surface area contributed by atoms with Gasteiger partial charge in [0.05, 0.1) is 6.10 Å². The van der Waals surface area contributed by atoms with Crippen LogP contribution in [-0.4, -0.2) is 23.5 Å². The smallest absolute Gasteiger partial charge is 0.420 e. The quantitative estimate of drug-likeness (QED) is 0.580. The molecule has 0 atom stereocenters. The third kappa shape index (κ3) is 4.42. The van der Waals surface area contributed by atoms with Crippen LogP contribution >= 0.6 is 0 Å². The number of benzene rings is 2. The summed E-state index contributed by atoms with van der Waals surface area (Å²) in [5.41, 5.74) is 0.0386. The molecule has 1 aliphatic carbocycles. The van der Waals surface area contributed by atoms with Crippen molar-refractivity contribution in [1.29, 1.82) is 0 Å². The summed E-state index contributed by atoms with van der Waals surface area (Å²) in [7, 11) is 0. The number of fused-ring (bicyclic) bond motifs is 1. The Balaban J connectivity index is 1.69. The number of nitrogens with zero attached hydrogens (tertiary/aromatic N) is 1. The van der Waals surface area contributed by atoms with Gasteiger partial charge in [0.2, 0.25) is 5.91 Å². The lowest BCUT2D eigenvalue weighted by atomic mass is 9.89. The van der Waals surface area contributed by atoms with Crippen molar-refractivity contribution in [3.63, 3.8) is 0 Å². The van der Waals surface area contributed by atoms with E-state index in [2.05, 4.69) is 6.92 Å². The molecular weight excluding hydrogens is 391 g/mol. The van der Waals surface area contributed by atoms with Gasteiger partial charge in [-0.15, -0.1) is 0 Å². The van der Waals surface area contributed by atoms with E-state index in [0.29, 0.717) is 30.8 Å². The van der Waals surface area contributed by atoms with Crippen molar-refractivity contribution in [1.82, 2.24) is 4.90 Å². The van der Waals surface area contributed by atoms with Crippen LogP contribution in [0.5, 0.6) is 5.75 Å². The predicted molar refractivity (Wildman–Crippen MR) is 110 cm³/mol. The SMILES string of the molecule is C[C@H]1CC[C@@H](Oc2ccc3c(CN4CCCCC4=O)cccc3c2C(F)(F)F)CC1. The van der Waals surface area contributed by atoms with E-state index in [1.807, 2.05) is 6.07 Å². The Kier molecular flexibility index (Phi) is 5.94. The van der Waals surface area contributed by atoms with Crippen molar-refractivity contribution in [2.45, 2.75) is 70.7 Å². The van der Waals surface area contributed by atoms with E-state index in [-0.39, 0.29) is 23.1 Å². The van der Waals surface area contributed by atoms with E-state index >= 15 is 0 Å². The van der Waals surface area contributed by atoms with E-state index in [9.17, 15) is 18.0 Å². The first kappa shape index (κ1) is 21.0. The predicted octanol–water partition coefficient (Wildman–Crippen LogP) is 6.33. The van der Waals surface area contributed by atoms with Crippen molar-refractivity contribution in [2.24, 2.45) is 5.92 Å². The van der Waals surface area contributed by atoms with Gasteiger partial charge < -0.3 is 9.64 Å². The molecule has 1 saturated heterocycles. The first-order valence-electron chi connectivity index (χ1n) is 10.9. The molecule has 0 radical (unpaired) electrons. The van der Waals surface area contributed by atoms with Gasteiger partial charge in [0.1, 0.15) is 11.3 Å². The monoisotopic (exact) mass is 419 g/mol. The van der Waals surface area contributed by atoms with Crippen LogP contribution in [0.4, 0.5) is 13.2 Å². The summed E-state index contributed by atoms with van der Waals surface area (Å²) < 4.78 is 48.2. The van der Waals surface area contributed by atoms with Gasteiger partial charge in [0.15, 0.2) is 0 Å². The average Bonchev–Trinajstić information content (AvgIpc) is 2.70. The Morgan fingerprint density at radius 1 is 1.03 bits per heavy atom. The van der Waals surface area contributed by atoms with Crippen molar-refractivity contribution >= 4 is 16.7 Å². The molecule has 1 saturated carbocycles. The van der Waals surface area contributed by atoms with Gasteiger partial charge in [-0.1, -0.05) is 31.2 Å². The highest BCUT2D eigenvalue weighted by Crippen LogP contribution is 2.43. The summed E-state index contributed by atoms with van der Waals surface area (Å²) in [5, 5.41) is 0.680. The van der Waals surface area contributed by atoms with Crippen LogP contribution in [0.1, 0.15) is 63.0 Å². The maximum atomic E-state index is 14.1. The van der Waals surface area contributed by atoms with E-state index in [1.165, 1.54) is 12.1 Å². The molecule has 4 rings (SSSR count). The first-order valence-corrected chi connectivity index (χ1v) is 10.9. The third-order valence-electron chi connectivity index (χ3n) is 6.44. The van der Waals surface area contributed by atoms with E-state index in [0.717, 1.165) is 44.1 Å². The average molecular weight is 419 g/mol. The normalized spacial score (nSPS) is 23.1. The molecule has 1 amide bonds. The number of carbonyl (C=O) groups is 1. The zero-order chi connectivity index (χ0) is 21.3. The highest BCUT2D eigenvalue weighted by molar-refractivity contribution is 5.91. The second-order valence-corrected chi connectivity index (χ2v) is 8.72. The van der Waals surface area contributed by atoms with Gasteiger partial charge in [-0.05, 0) is 66.8 Å². The molecule has 30 heavy (non-hydrogen) atoms. The van der Waals surface area contributed by atoms with Gasteiger partial charge in [0, 0.05) is 19.5 Å². The zero-order valence-electron chi connectivity index (χ0n) is 17.3. The van der Waals surface area contributed by atoms with Gasteiger partial charge >= 0.3 is 6.18 Å². The molecule has 162 valence electrons. The summed E-state index contributed by atoms with van der Waals surface area (Å²) in [6, 6.07) is 8.15. The minimum Gasteiger partial charge on any atom is -0.490 e. The van der Waals surface area contributed by atoms with Gasteiger partial charge in [-0.25, -0.2) is 0 Å². The number of amides is 1. The summed E-state index contributed by atoms with van der Waals surface area (Å²) in [4.78, 5) is 13.9. The molecule has 1 heterocycles. The van der Waals surface area contributed by atoms with Crippen LogP contribution in [0, 0.1) is 5.92 Å². The van der Waals surface area contributed by atoms with Crippen molar-refractivity contribution in [3.8, 4) is 5.75 Å². The molecule has 0 spiro atoms. The Hall–Kier alpha value is -2.24. The number of likely N-dealkylation sites (tertiary alicyclic amines) is 1. The number of halogens is 3. The lowest BCUT2D eigenvalue weighted by molar-refractivity contribution is -0.138. The van der Waals surface area contributed by atoms with Crippen LogP contribution in [0.3, 0.4) is 0 Å². The fourth-order valence-corrected chi connectivity index (χ4v) is 4.69. The molecule has 2 aromatic rings. The zero-order valence-corrected chi connectivity index (χ0v) is 17.3. The number of piperidine rings is 1. The first-order chi connectivity index (χ1) is 14.3. The van der Waals surface area contributed by atoms with Crippen LogP contribution in [0.2, 0.25) is 0 Å². The van der Waals surface area contributed by atoms with Crippen molar-refractivity contribution in [3.05, 3.63) is 41.5 Å². The molecule has 2 fully saturated rings. The molecule has 0 unspecified atom stereocenters. The lowest BCUT2D eigenvalue weighted by Crippen LogP contribution is -2.34. The number of carbonyl (C=O) groups excluding carboxylic acids is 1. The minimum absolute atomic E-state index is 0.0702. The number of hydrogen-bond acceptors (Lipinski definition) is 2. The Morgan fingerprint density at radius 3 is 2.50 bits per heavy atom. The van der Waals surface area contributed by atoms with E-state index < -0.39 is 11.7 Å². The fraction of sp³-hybridized carbons (Fsp3) is 0.542. The van der Waals surface area contributed by atoms with Crippen molar-refractivity contribution in [2.75, 3.05) is 6.54 Å². The minimum atomic E-state index is -4.52. The summed E-state index contributed by atoms with van der Waals surface area (Å²) in [6.45, 7) is 3.17. The van der Waals surface area contributed by atoms with Crippen LogP contribution < -0.4 is 4.74 Å². The fourth-order valence-electron chi connectivity index (χ4n) is 4.69. The standard InChI is InChI=1S/C24H28F3NO2/c1-16-8-10-18(11-9-16)30-21-13-12-19-17(15-28-14-3-2-7-22(28)29)5-4-6-20(19)23(21)24(25,26)27/h4-6,12-13,16,18H,2-3,7-11,14-15H2,1H3/t16-,18+. The topological polar surface area (TPSA) is 29.5 Å². The maximum absolute atomic E-state index is 14.1. The number of alkyl halides is 3. The van der Waals surface area contributed by atoms with Gasteiger partial charge in [-0.2, -0.15) is 13.2 Å². The number of rotatable bonds is 4. The number of ether oxygens (including phenoxy) is 1. The van der Waals surface area contributed by atoms with Crippen molar-refractivity contribution < 1.29 is 22.7 Å². The second kappa shape index (κ2) is 8.48. The Bertz CT molecular complexity index is 917. The lowest BCUT2D eigenvalue weighted by Gasteiger charge is -2.29. The largest absolute Gasteiger partial charge is 0.490 e. The van der Waals surface area contributed by atoms with E-state index in [4.69, 9.17) is 4.74 Å². The molecule has 1 aliphatic heterocycles. The van der Waals surface area contributed by atoms with Crippen LogP contribution in [0.15, 0.2) is 30.3 Å². The van der Waals surface area contributed by atoms with Crippen LogP contribution in [0.25, 0.3) is 10.8 Å². The molecule has 0 N–H and O–H groups in total. The molecular formula is C24H28F3NO2.